The average Bonchev–Trinajstić information content (AvgIpc) is 2.61. The van der Waals surface area contributed by atoms with E-state index in [-0.39, 0.29) is 12.5 Å². The van der Waals surface area contributed by atoms with E-state index in [9.17, 15) is 9.18 Å². The maximum Gasteiger partial charge on any atom is 0.237 e. The molecule has 0 atom stereocenters. The zero-order chi connectivity index (χ0) is 18.6. The Labute approximate surface area is 147 Å². The second-order valence-corrected chi connectivity index (χ2v) is 6.66. The van der Waals surface area contributed by atoms with Crippen molar-refractivity contribution in [2.45, 2.75) is 19.4 Å². The number of halogens is 1. The molecule has 1 aliphatic heterocycles. The molecule has 1 aliphatic rings. The van der Waals surface area contributed by atoms with Crippen LogP contribution in [-0.4, -0.2) is 61.0 Å². The van der Waals surface area contributed by atoms with Gasteiger partial charge >= 0.3 is 0 Å². The first-order valence-electron chi connectivity index (χ1n) is 8.13. The summed E-state index contributed by atoms with van der Waals surface area (Å²) in [5, 5.41) is 17.9. The van der Waals surface area contributed by atoms with Gasteiger partial charge in [0.2, 0.25) is 5.91 Å². The van der Waals surface area contributed by atoms with Crippen molar-refractivity contribution in [3.05, 3.63) is 29.6 Å². The fraction of sp³-hybridized carbons (Fsp3) is 0.500. The van der Waals surface area contributed by atoms with Crippen molar-refractivity contribution in [1.82, 2.24) is 9.80 Å². The fourth-order valence-corrected chi connectivity index (χ4v) is 2.66. The molecule has 132 valence electrons. The molecule has 2 rings (SSSR count). The number of rotatable bonds is 4. The molecule has 1 aromatic carbocycles. The van der Waals surface area contributed by atoms with E-state index in [0.717, 1.165) is 0 Å². The van der Waals surface area contributed by atoms with Crippen LogP contribution >= 0.6 is 0 Å². The molecule has 1 saturated heterocycles. The smallest absolute Gasteiger partial charge is 0.237 e. The van der Waals surface area contributed by atoms with Crippen LogP contribution in [0.1, 0.15) is 19.4 Å². The van der Waals surface area contributed by atoms with E-state index in [0.29, 0.717) is 37.4 Å². The highest BCUT2D eigenvalue weighted by Gasteiger charge is 2.29. The quantitative estimate of drug-likeness (QED) is 0.830. The molecule has 1 fully saturated rings. The largest absolute Gasteiger partial charge is 0.367 e. The van der Waals surface area contributed by atoms with Gasteiger partial charge in [0, 0.05) is 33.2 Å². The van der Waals surface area contributed by atoms with E-state index in [1.165, 1.54) is 11.0 Å². The molecule has 1 aromatic rings. The highest BCUT2D eigenvalue weighted by Crippen LogP contribution is 2.22. The number of carbonyl (C=O) groups is 1. The molecule has 0 N–H and O–H groups in total. The third-order valence-electron chi connectivity index (χ3n) is 4.63. The van der Waals surface area contributed by atoms with Crippen LogP contribution in [0.2, 0.25) is 0 Å². The second kappa shape index (κ2) is 7.50. The molecule has 0 radical (unpaired) electrons. The Morgan fingerprint density at radius 2 is 1.92 bits per heavy atom. The van der Waals surface area contributed by atoms with Gasteiger partial charge in [0.05, 0.1) is 29.9 Å². The van der Waals surface area contributed by atoms with Gasteiger partial charge in [0.25, 0.3) is 0 Å². The minimum Gasteiger partial charge on any atom is -0.367 e. The van der Waals surface area contributed by atoms with Crippen LogP contribution in [0.15, 0.2) is 18.2 Å². The Balaban J connectivity index is 1.93. The summed E-state index contributed by atoms with van der Waals surface area (Å²) >= 11 is 0. The zero-order valence-electron chi connectivity index (χ0n) is 14.8. The fourth-order valence-electron chi connectivity index (χ4n) is 2.66. The predicted molar refractivity (Wildman–Crippen MR) is 92.2 cm³/mol. The van der Waals surface area contributed by atoms with Gasteiger partial charge in [-0.2, -0.15) is 10.5 Å². The third-order valence-corrected chi connectivity index (χ3v) is 4.63. The van der Waals surface area contributed by atoms with E-state index in [2.05, 4.69) is 6.07 Å². The molecule has 25 heavy (non-hydrogen) atoms. The van der Waals surface area contributed by atoms with Crippen molar-refractivity contribution in [2.75, 3.05) is 44.7 Å². The Kier molecular flexibility index (Phi) is 5.61. The highest BCUT2D eigenvalue weighted by atomic mass is 19.1. The van der Waals surface area contributed by atoms with Crippen molar-refractivity contribution >= 4 is 11.6 Å². The number of nitrogens with zero attached hydrogens (tertiary/aromatic N) is 5. The summed E-state index contributed by atoms with van der Waals surface area (Å²) in [5.41, 5.74) is -0.0637. The first kappa shape index (κ1) is 18.7. The number of benzene rings is 1. The summed E-state index contributed by atoms with van der Waals surface area (Å²) < 4.78 is 14.1. The van der Waals surface area contributed by atoms with E-state index >= 15 is 0 Å². The zero-order valence-corrected chi connectivity index (χ0v) is 14.8. The van der Waals surface area contributed by atoms with Gasteiger partial charge in [-0.3, -0.25) is 9.69 Å². The van der Waals surface area contributed by atoms with Gasteiger partial charge < -0.3 is 9.80 Å². The predicted octanol–water partition coefficient (Wildman–Crippen LogP) is 1.58. The first-order valence-corrected chi connectivity index (χ1v) is 8.13. The first-order chi connectivity index (χ1) is 11.8. The molecule has 0 aliphatic carbocycles. The second-order valence-electron chi connectivity index (χ2n) is 6.66. The van der Waals surface area contributed by atoms with E-state index in [1.807, 2.05) is 15.9 Å². The van der Waals surface area contributed by atoms with Crippen molar-refractivity contribution in [1.29, 1.82) is 10.5 Å². The van der Waals surface area contributed by atoms with Gasteiger partial charge in [-0.25, -0.2) is 4.39 Å². The third kappa shape index (κ3) is 4.26. The molecule has 7 heteroatoms. The molecule has 0 bridgehead atoms. The lowest BCUT2D eigenvalue weighted by molar-refractivity contribution is -0.134. The van der Waals surface area contributed by atoms with Crippen molar-refractivity contribution in [3.8, 4) is 12.1 Å². The number of piperazine rings is 1. The lowest BCUT2D eigenvalue weighted by Crippen LogP contribution is -2.52. The minimum absolute atomic E-state index is 0.107. The molecular weight excluding hydrogens is 321 g/mol. The molecule has 0 aromatic heterocycles. The van der Waals surface area contributed by atoms with Crippen LogP contribution in [0.3, 0.4) is 0 Å². The van der Waals surface area contributed by atoms with Crippen LogP contribution in [0.25, 0.3) is 0 Å². The number of hydrogen-bond donors (Lipinski definition) is 0. The van der Waals surface area contributed by atoms with E-state index in [1.54, 1.807) is 33.0 Å². The average molecular weight is 343 g/mol. The summed E-state index contributed by atoms with van der Waals surface area (Å²) in [6.45, 7) is 6.11. The number of hydrogen-bond acceptors (Lipinski definition) is 5. The van der Waals surface area contributed by atoms with E-state index < -0.39 is 11.4 Å². The molecule has 0 unspecified atom stereocenters. The molecular formula is C18H22FN5O. The Bertz CT molecular complexity index is 726. The molecule has 1 amide bonds. The van der Waals surface area contributed by atoms with Crippen LogP contribution in [0.5, 0.6) is 0 Å². The molecule has 0 saturated carbocycles. The highest BCUT2D eigenvalue weighted by molar-refractivity contribution is 5.79. The number of anilines is 1. The summed E-state index contributed by atoms with van der Waals surface area (Å²) in [6, 6.07) is 8.51. The Morgan fingerprint density at radius 3 is 2.44 bits per heavy atom. The van der Waals surface area contributed by atoms with Crippen LogP contribution < -0.4 is 4.90 Å². The van der Waals surface area contributed by atoms with Crippen molar-refractivity contribution in [2.24, 2.45) is 0 Å². The summed E-state index contributed by atoms with van der Waals surface area (Å²) in [6.07, 6.45) is 0. The van der Waals surface area contributed by atoms with Crippen LogP contribution in [-0.2, 0) is 4.79 Å². The molecule has 1 heterocycles. The summed E-state index contributed by atoms with van der Waals surface area (Å²) in [4.78, 5) is 17.7. The van der Waals surface area contributed by atoms with Gasteiger partial charge in [0.1, 0.15) is 11.4 Å². The lowest BCUT2D eigenvalue weighted by Gasteiger charge is -2.37. The SMILES string of the molecule is CN(C(=O)CN1CCN(c2ccc(C#N)cc2F)CC1)C(C)(C)C#N. The summed E-state index contributed by atoms with van der Waals surface area (Å²) in [5.74, 6) is -0.511. The maximum atomic E-state index is 14.1. The monoisotopic (exact) mass is 343 g/mol. The van der Waals surface area contributed by atoms with Crippen LogP contribution in [0.4, 0.5) is 10.1 Å². The normalized spacial score (nSPS) is 15.4. The van der Waals surface area contributed by atoms with Crippen molar-refractivity contribution in [3.63, 3.8) is 0 Å². The summed E-state index contributed by atoms with van der Waals surface area (Å²) in [7, 11) is 1.63. The Morgan fingerprint density at radius 1 is 1.28 bits per heavy atom. The Hall–Kier alpha value is -2.64. The maximum absolute atomic E-state index is 14.1. The number of carbonyl (C=O) groups excluding carboxylic acids is 1. The van der Waals surface area contributed by atoms with E-state index in [4.69, 9.17) is 10.5 Å². The van der Waals surface area contributed by atoms with Gasteiger partial charge in [-0.05, 0) is 32.0 Å². The minimum atomic E-state index is -0.843. The molecule has 0 spiro atoms. The van der Waals surface area contributed by atoms with Gasteiger partial charge in [-0.1, -0.05) is 0 Å². The standard InChI is InChI=1S/C18H22FN5O/c1-18(2,13-21)22(3)17(25)12-23-6-8-24(9-7-23)16-5-4-14(11-20)10-15(16)19/h4-5,10H,6-9,12H2,1-3H3. The topological polar surface area (TPSA) is 74.4 Å². The van der Waals surface area contributed by atoms with Gasteiger partial charge in [0.15, 0.2) is 0 Å². The van der Waals surface area contributed by atoms with Crippen LogP contribution in [0, 0.1) is 28.5 Å². The van der Waals surface area contributed by atoms with Crippen molar-refractivity contribution < 1.29 is 9.18 Å². The number of amides is 1. The lowest BCUT2D eigenvalue weighted by atomic mass is 10.1. The van der Waals surface area contributed by atoms with Gasteiger partial charge in [-0.15, -0.1) is 0 Å². The number of nitriles is 2. The number of likely N-dealkylation sites (N-methyl/N-ethyl adjacent to an activating group) is 1. The molecule has 6 nitrogen and oxygen atoms in total.